The van der Waals surface area contributed by atoms with Gasteiger partial charge in [-0.05, 0) is 18.8 Å². The van der Waals surface area contributed by atoms with Gasteiger partial charge >= 0.3 is 0 Å². The maximum absolute atomic E-state index is 12.2. The van der Waals surface area contributed by atoms with Crippen LogP contribution < -0.4 is 0 Å². The zero-order chi connectivity index (χ0) is 13.2. The van der Waals surface area contributed by atoms with E-state index in [1.165, 1.54) is 10.7 Å². The Morgan fingerprint density at radius 3 is 2.17 bits per heavy atom. The van der Waals surface area contributed by atoms with Crippen LogP contribution >= 0.6 is 0 Å². The van der Waals surface area contributed by atoms with Crippen molar-refractivity contribution in [1.29, 1.82) is 5.26 Å². The van der Waals surface area contributed by atoms with Gasteiger partial charge in [-0.1, -0.05) is 39.0 Å². The van der Waals surface area contributed by atoms with Gasteiger partial charge in [0, 0.05) is 6.54 Å². The van der Waals surface area contributed by atoms with E-state index in [2.05, 4.69) is 6.07 Å². The van der Waals surface area contributed by atoms with Crippen molar-refractivity contribution in [3.05, 3.63) is 0 Å². The number of nitrogens with zero attached hydrogens (tertiary/aromatic N) is 2. The number of sulfonamides is 1. The number of rotatable bonds is 1. The Labute approximate surface area is 110 Å². The summed E-state index contributed by atoms with van der Waals surface area (Å²) in [4.78, 5) is 0. The second kappa shape index (κ2) is 5.18. The third kappa shape index (κ3) is 2.55. The van der Waals surface area contributed by atoms with Crippen molar-refractivity contribution in [2.24, 2.45) is 5.92 Å². The van der Waals surface area contributed by atoms with Crippen molar-refractivity contribution in [2.75, 3.05) is 12.3 Å². The zero-order valence-corrected chi connectivity index (χ0v) is 11.9. The predicted molar refractivity (Wildman–Crippen MR) is 70.3 cm³/mol. The fraction of sp³-hybridized carbons (Fsp3) is 0.923. The molecule has 2 aliphatic rings. The minimum absolute atomic E-state index is 0.144. The molecule has 5 heteroatoms. The largest absolute Gasteiger partial charge is 0.215 e. The molecule has 102 valence electrons. The maximum Gasteiger partial charge on any atom is 0.215 e. The minimum atomic E-state index is -3.22. The third-order valence-corrected chi connectivity index (χ3v) is 6.34. The summed E-state index contributed by atoms with van der Waals surface area (Å²) < 4.78 is 25.9. The van der Waals surface area contributed by atoms with E-state index in [1.54, 1.807) is 0 Å². The molecule has 0 aromatic heterocycles. The molecule has 2 fully saturated rings. The topological polar surface area (TPSA) is 61.2 Å². The molecule has 4 nitrogen and oxygen atoms in total. The lowest BCUT2D eigenvalue weighted by molar-refractivity contribution is 0.201. The molecular weight excluding hydrogens is 248 g/mol. The Hall–Kier alpha value is -0.600. The van der Waals surface area contributed by atoms with Gasteiger partial charge in [0.2, 0.25) is 10.0 Å². The molecule has 0 radical (unpaired) electrons. The van der Waals surface area contributed by atoms with Gasteiger partial charge in [0.1, 0.15) is 5.54 Å². The lowest BCUT2D eigenvalue weighted by Crippen LogP contribution is -2.49. The smallest absolute Gasteiger partial charge is 0.212 e. The second-order valence-electron chi connectivity index (χ2n) is 5.83. The zero-order valence-electron chi connectivity index (χ0n) is 11.1. The number of hydrogen-bond acceptors (Lipinski definition) is 3. The van der Waals surface area contributed by atoms with Crippen LogP contribution in [0.3, 0.4) is 0 Å². The Balaban J connectivity index is 2.28. The summed E-state index contributed by atoms with van der Waals surface area (Å²) in [5, 5.41) is 9.58. The summed E-state index contributed by atoms with van der Waals surface area (Å²) in [6.07, 6.45) is 6.79. The highest BCUT2D eigenvalue weighted by Gasteiger charge is 2.48. The molecule has 0 aromatic carbocycles. The third-order valence-electron chi connectivity index (χ3n) is 4.17. The highest BCUT2D eigenvalue weighted by molar-refractivity contribution is 7.89. The minimum Gasteiger partial charge on any atom is -0.212 e. The molecule has 0 amide bonds. The van der Waals surface area contributed by atoms with Crippen LogP contribution in [0.15, 0.2) is 0 Å². The highest BCUT2D eigenvalue weighted by Crippen LogP contribution is 2.37. The van der Waals surface area contributed by atoms with Gasteiger partial charge in [0.15, 0.2) is 0 Å². The first kappa shape index (κ1) is 13.8. The highest BCUT2D eigenvalue weighted by atomic mass is 32.2. The molecule has 1 saturated carbocycles. The van der Waals surface area contributed by atoms with Gasteiger partial charge in [-0.25, -0.2) is 8.42 Å². The van der Waals surface area contributed by atoms with Crippen LogP contribution in [0.1, 0.15) is 51.9 Å². The van der Waals surface area contributed by atoms with Gasteiger partial charge < -0.3 is 0 Å². The first-order chi connectivity index (χ1) is 8.50. The Bertz CT molecular complexity index is 430. The van der Waals surface area contributed by atoms with Gasteiger partial charge in [0.05, 0.1) is 11.8 Å². The fourth-order valence-electron chi connectivity index (χ4n) is 3.25. The fourth-order valence-corrected chi connectivity index (χ4v) is 5.49. The molecule has 1 saturated heterocycles. The van der Waals surface area contributed by atoms with Crippen LogP contribution in [0.25, 0.3) is 0 Å². The molecule has 1 aliphatic heterocycles. The van der Waals surface area contributed by atoms with Crippen LogP contribution in [-0.4, -0.2) is 30.6 Å². The van der Waals surface area contributed by atoms with Crippen LogP contribution in [-0.2, 0) is 10.0 Å². The van der Waals surface area contributed by atoms with Crippen molar-refractivity contribution in [2.45, 2.75) is 57.4 Å². The van der Waals surface area contributed by atoms with E-state index >= 15 is 0 Å². The summed E-state index contributed by atoms with van der Waals surface area (Å²) in [6.45, 7) is 2.47. The SMILES string of the molecule is CC1CN(C2(C#N)CCCCCCC2)S(=O)(=O)C1. The Morgan fingerprint density at radius 1 is 1.17 bits per heavy atom. The standard InChI is InChI=1S/C13H22N2O2S/c1-12-9-15(18(16,17)10-12)13(11-14)7-5-3-2-4-6-8-13/h12H,2-10H2,1H3. The van der Waals surface area contributed by atoms with E-state index in [9.17, 15) is 13.7 Å². The molecule has 18 heavy (non-hydrogen) atoms. The summed E-state index contributed by atoms with van der Waals surface area (Å²) in [7, 11) is -3.22. The Kier molecular flexibility index (Phi) is 3.98. The van der Waals surface area contributed by atoms with E-state index in [4.69, 9.17) is 0 Å². The van der Waals surface area contributed by atoms with E-state index in [0.29, 0.717) is 19.4 Å². The molecule has 0 aromatic rings. The summed E-state index contributed by atoms with van der Waals surface area (Å²) in [5.41, 5.74) is -0.760. The van der Waals surface area contributed by atoms with Gasteiger partial charge in [-0.2, -0.15) is 9.57 Å². The molecule has 1 aliphatic carbocycles. The monoisotopic (exact) mass is 270 g/mol. The van der Waals surface area contributed by atoms with E-state index in [1.807, 2.05) is 6.92 Å². The predicted octanol–water partition coefficient (Wildman–Crippen LogP) is 2.27. The van der Waals surface area contributed by atoms with Crippen LogP contribution in [0.5, 0.6) is 0 Å². The quantitative estimate of drug-likeness (QED) is 0.734. The molecule has 2 rings (SSSR count). The van der Waals surface area contributed by atoms with Crippen LogP contribution in [0.2, 0.25) is 0 Å². The van der Waals surface area contributed by atoms with E-state index in [0.717, 1.165) is 25.7 Å². The summed E-state index contributed by atoms with van der Waals surface area (Å²) >= 11 is 0. The molecule has 1 atom stereocenters. The first-order valence-corrected chi connectivity index (χ1v) is 8.53. The second-order valence-corrected chi connectivity index (χ2v) is 7.76. The van der Waals surface area contributed by atoms with E-state index in [-0.39, 0.29) is 11.7 Å². The lowest BCUT2D eigenvalue weighted by Gasteiger charge is -2.36. The van der Waals surface area contributed by atoms with Crippen molar-refractivity contribution < 1.29 is 8.42 Å². The average molecular weight is 270 g/mol. The lowest BCUT2D eigenvalue weighted by atomic mass is 9.84. The van der Waals surface area contributed by atoms with Crippen LogP contribution in [0.4, 0.5) is 0 Å². The molecule has 0 bridgehead atoms. The Morgan fingerprint density at radius 2 is 1.72 bits per heavy atom. The normalized spacial score (nSPS) is 32.3. The first-order valence-electron chi connectivity index (χ1n) is 6.92. The van der Waals surface area contributed by atoms with Crippen molar-refractivity contribution in [3.8, 4) is 6.07 Å². The van der Waals surface area contributed by atoms with Crippen LogP contribution in [0, 0.1) is 17.2 Å². The van der Waals surface area contributed by atoms with Gasteiger partial charge in [-0.3, -0.25) is 0 Å². The van der Waals surface area contributed by atoms with E-state index < -0.39 is 15.6 Å². The van der Waals surface area contributed by atoms with Crippen molar-refractivity contribution in [1.82, 2.24) is 4.31 Å². The molecule has 1 heterocycles. The summed E-state index contributed by atoms with van der Waals surface area (Å²) in [5.74, 6) is 0.349. The average Bonchev–Trinajstić information content (AvgIpc) is 2.53. The molecule has 1 unspecified atom stereocenters. The van der Waals surface area contributed by atoms with Crippen molar-refractivity contribution >= 4 is 10.0 Å². The molecule has 0 spiro atoms. The summed E-state index contributed by atoms with van der Waals surface area (Å²) in [6, 6.07) is 2.35. The molecule has 0 N–H and O–H groups in total. The number of hydrogen-bond donors (Lipinski definition) is 0. The maximum atomic E-state index is 12.2. The number of nitriles is 1. The molecular formula is C13H22N2O2S. The van der Waals surface area contributed by atoms with Gasteiger partial charge in [-0.15, -0.1) is 0 Å². The van der Waals surface area contributed by atoms with Gasteiger partial charge in [0.25, 0.3) is 0 Å². The van der Waals surface area contributed by atoms with Crippen molar-refractivity contribution in [3.63, 3.8) is 0 Å².